The molecule has 0 radical (unpaired) electrons. The van der Waals surface area contributed by atoms with Crippen molar-refractivity contribution < 1.29 is 4.79 Å². The number of nitrogens with zero attached hydrogens (tertiary/aromatic N) is 1. The molecule has 4 nitrogen and oxygen atoms in total. The molecule has 1 aliphatic rings. The molecular formula is C21H37Cl2N3O. The lowest BCUT2D eigenvalue weighted by Gasteiger charge is -2.28. The fourth-order valence-electron chi connectivity index (χ4n) is 3.61. The first-order chi connectivity index (χ1) is 12.1. The number of carbonyl (C=O) groups excluding carboxylic acids is 1. The number of hydrogen-bond donors (Lipinski definition) is 2. The monoisotopic (exact) mass is 417 g/mol. The molecule has 1 heterocycles. The van der Waals surface area contributed by atoms with Crippen LogP contribution in [0.2, 0.25) is 0 Å². The zero-order chi connectivity index (χ0) is 18.1. The van der Waals surface area contributed by atoms with Gasteiger partial charge in [0.15, 0.2) is 0 Å². The van der Waals surface area contributed by atoms with E-state index in [0.717, 1.165) is 32.6 Å². The molecule has 27 heavy (non-hydrogen) atoms. The summed E-state index contributed by atoms with van der Waals surface area (Å²) in [6.45, 7) is 8.36. The molecule has 1 aliphatic heterocycles. The van der Waals surface area contributed by atoms with E-state index in [-0.39, 0.29) is 30.7 Å². The Labute approximate surface area is 177 Å². The van der Waals surface area contributed by atoms with Crippen molar-refractivity contribution in [2.45, 2.75) is 52.1 Å². The Kier molecular flexibility index (Phi) is 13.8. The van der Waals surface area contributed by atoms with E-state index < -0.39 is 0 Å². The van der Waals surface area contributed by atoms with Gasteiger partial charge in [-0.2, -0.15) is 0 Å². The Balaban J connectivity index is 0.00000338. The molecule has 0 aromatic heterocycles. The molecule has 2 unspecified atom stereocenters. The molecule has 156 valence electrons. The van der Waals surface area contributed by atoms with Crippen molar-refractivity contribution in [2.24, 2.45) is 11.8 Å². The van der Waals surface area contributed by atoms with Crippen LogP contribution in [0, 0.1) is 11.8 Å². The Morgan fingerprint density at radius 3 is 2.44 bits per heavy atom. The first-order valence-electron chi connectivity index (χ1n) is 9.78. The van der Waals surface area contributed by atoms with E-state index in [0.29, 0.717) is 24.3 Å². The largest absolute Gasteiger partial charge is 0.356 e. The predicted octanol–water partition coefficient (Wildman–Crippen LogP) is 3.88. The Morgan fingerprint density at radius 2 is 1.81 bits per heavy atom. The molecule has 1 aromatic carbocycles. The maximum Gasteiger partial charge on any atom is 0.220 e. The highest BCUT2D eigenvalue weighted by Gasteiger charge is 2.22. The second-order valence-electron chi connectivity index (χ2n) is 7.66. The van der Waals surface area contributed by atoms with Crippen LogP contribution < -0.4 is 10.6 Å². The third-order valence-electron chi connectivity index (χ3n) is 5.61. The predicted molar refractivity (Wildman–Crippen MR) is 119 cm³/mol. The van der Waals surface area contributed by atoms with Crippen molar-refractivity contribution in [1.82, 2.24) is 15.5 Å². The van der Waals surface area contributed by atoms with Gasteiger partial charge in [-0.3, -0.25) is 9.69 Å². The summed E-state index contributed by atoms with van der Waals surface area (Å²) in [6, 6.07) is 11.0. The summed E-state index contributed by atoms with van der Waals surface area (Å²) in [7, 11) is 2.15. The van der Waals surface area contributed by atoms with E-state index >= 15 is 0 Å². The van der Waals surface area contributed by atoms with E-state index in [9.17, 15) is 4.79 Å². The topological polar surface area (TPSA) is 44.4 Å². The van der Waals surface area contributed by atoms with Crippen LogP contribution in [0.3, 0.4) is 0 Å². The lowest BCUT2D eigenvalue weighted by molar-refractivity contribution is -0.122. The van der Waals surface area contributed by atoms with Crippen molar-refractivity contribution in [3.63, 3.8) is 0 Å². The van der Waals surface area contributed by atoms with E-state index in [1.165, 1.54) is 18.4 Å². The smallest absolute Gasteiger partial charge is 0.220 e. The van der Waals surface area contributed by atoms with Crippen molar-refractivity contribution >= 4 is 30.7 Å². The summed E-state index contributed by atoms with van der Waals surface area (Å²) in [4.78, 5) is 14.5. The summed E-state index contributed by atoms with van der Waals surface area (Å²) in [5, 5.41) is 6.51. The molecule has 0 aliphatic carbocycles. The highest BCUT2D eigenvalue weighted by atomic mass is 35.5. The molecule has 2 rings (SSSR count). The average Bonchev–Trinajstić information content (AvgIpc) is 2.63. The summed E-state index contributed by atoms with van der Waals surface area (Å²) >= 11 is 0. The minimum absolute atomic E-state index is 0. The van der Waals surface area contributed by atoms with Crippen molar-refractivity contribution in [1.29, 1.82) is 0 Å². The number of nitrogens with one attached hydrogen (secondary N) is 2. The van der Waals surface area contributed by atoms with Crippen LogP contribution in [-0.4, -0.2) is 43.5 Å². The number of benzene rings is 1. The maximum absolute atomic E-state index is 12.2. The number of halogens is 2. The normalized spacial score (nSPS) is 16.7. The summed E-state index contributed by atoms with van der Waals surface area (Å²) in [5.41, 5.74) is 1.33. The Hall–Kier alpha value is -0.810. The first-order valence-corrected chi connectivity index (χ1v) is 9.78. The highest BCUT2D eigenvalue weighted by molar-refractivity contribution is 5.85. The van der Waals surface area contributed by atoms with Crippen LogP contribution >= 0.6 is 24.8 Å². The van der Waals surface area contributed by atoms with Gasteiger partial charge in [0.05, 0.1) is 0 Å². The minimum atomic E-state index is 0. The van der Waals surface area contributed by atoms with Gasteiger partial charge >= 0.3 is 0 Å². The number of hydrogen-bond acceptors (Lipinski definition) is 3. The molecule has 1 amide bonds. The van der Waals surface area contributed by atoms with Crippen molar-refractivity contribution in [3.05, 3.63) is 35.9 Å². The molecule has 1 fully saturated rings. The molecule has 1 saturated heterocycles. The van der Waals surface area contributed by atoms with Crippen LogP contribution in [0.25, 0.3) is 0 Å². The molecule has 0 bridgehead atoms. The van der Waals surface area contributed by atoms with E-state index in [2.05, 4.69) is 60.7 Å². The highest BCUT2D eigenvalue weighted by Crippen LogP contribution is 2.24. The quantitative estimate of drug-likeness (QED) is 0.640. The van der Waals surface area contributed by atoms with E-state index in [4.69, 9.17) is 0 Å². The molecule has 0 spiro atoms. The number of rotatable bonds is 9. The molecule has 2 N–H and O–H groups in total. The van der Waals surface area contributed by atoms with Crippen molar-refractivity contribution in [3.8, 4) is 0 Å². The van der Waals surface area contributed by atoms with Gasteiger partial charge in [-0.1, -0.05) is 37.3 Å². The van der Waals surface area contributed by atoms with Gasteiger partial charge in [-0.05, 0) is 63.7 Å². The van der Waals surface area contributed by atoms with E-state index in [1.54, 1.807) is 0 Å². The van der Waals surface area contributed by atoms with Gasteiger partial charge in [0.1, 0.15) is 0 Å². The van der Waals surface area contributed by atoms with Crippen LogP contribution in [-0.2, 0) is 11.3 Å². The number of amides is 1. The zero-order valence-corrected chi connectivity index (χ0v) is 18.6. The summed E-state index contributed by atoms with van der Waals surface area (Å²) in [5.74, 6) is 1.40. The molecule has 6 heteroatoms. The first kappa shape index (κ1) is 26.2. The SMILES string of the molecule is CC(CC(=O)NCCC(C)N(C)Cc1ccccc1)C1CCNCC1.Cl.Cl. The lowest BCUT2D eigenvalue weighted by atomic mass is 9.84. The minimum Gasteiger partial charge on any atom is -0.356 e. The van der Waals surface area contributed by atoms with Gasteiger partial charge in [0.2, 0.25) is 5.91 Å². The Bertz CT molecular complexity index is 509. The van der Waals surface area contributed by atoms with Crippen LogP contribution in [0.5, 0.6) is 0 Å². The average molecular weight is 418 g/mol. The molecule has 1 aromatic rings. The third-order valence-corrected chi connectivity index (χ3v) is 5.61. The van der Waals surface area contributed by atoms with Crippen LogP contribution in [0.4, 0.5) is 0 Å². The number of carbonyl (C=O) groups is 1. The van der Waals surface area contributed by atoms with Crippen LogP contribution in [0.15, 0.2) is 30.3 Å². The van der Waals surface area contributed by atoms with Gasteiger partial charge in [0.25, 0.3) is 0 Å². The Morgan fingerprint density at radius 1 is 1.19 bits per heavy atom. The summed E-state index contributed by atoms with van der Waals surface area (Å²) in [6.07, 6.45) is 4.06. The van der Waals surface area contributed by atoms with Gasteiger partial charge in [0, 0.05) is 25.6 Å². The van der Waals surface area contributed by atoms with Gasteiger partial charge < -0.3 is 10.6 Å². The molecule has 2 atom stereocenters. The second-order valence-corrected chi connectivity index (χ2v) is 7.66. The fourth-order valence-corrected chi connectivity index (χ4v) is 3.61. The second kappa shape index (κ2) is 14.2. The fraction of sp³-hybridized carbons (Fsp3) is 0.667. The summed E-state index contributed by atoms with van der Waals surface area (Å²) < 4.78 is 0. The van der Waals surface area contributed by atoms with Crippen LogP contribution in [0.1, 0.15) is 45.1 Å². The van der Waals surface area contributed by atoms with Gasteiger partial charge in [-0.25, -0.2) is 0 Å². The number of piperidine rings is 1. The van der Waals surface area contributed by atoms with Crippen molar-refractivity contribution in [2.75, 3.05) is 26.7 Å². The lowest BCUT2D eigenvalue weighted by Crippen LogP contribution is -2.35. The third kappa shape index (κ3) is 9.79. The molecule has 0 saturated carbocycles. The van der Waals surface area contributed by atoms with Gasteiger partial charge in [-0.15, -0.1) is 24.8 Å². The zero-order valence-electron chi connectivity index (χ0n) is 16.9. The molecular weight excluding hydrogens is 381 g/mol. The standard InChI is InChI=1S/C21H35N3O.2ClH/c1-17(20-10-12-22-13-11-20)15-21(25)23-14-9-18(2)24(3)16-19-7-5-4-6-8-19;;/h4-8,17-18,20,22H,9-16H2,1-3H3,(H,23,25);2*1H. The van der Waals surface area contributed by atoms with E-state index in [1.807, 2.05) is 6.07 Å². The maximum atomic E-state index is 12.2.